The summed E-state index contributed by atoms with van der Waals surface area (Å²) in [5, 5.41) is 8.93. The molecule has 2 unspecified atom stereocenters. The number of carbonyl (C=O) groups is 2. The molecular weight excluding hydrogens is 206 g/mol. The monoisotopic (exact) mass is 225 g/mol. The van der Waals surface area contributed by atoms with Gasteiger partial charge in [0.2, 0.25) is 5.91 Å². The minimum absolute atomic E-state index is 0.0630. The number of hydrogen-bond donors (Lipinski definition) is 1. The molecule has 1 N–H and O–H groups in total. The zero-order chi connectivity index (χ0) is 11.7. The average Bonchev–Trinajstić information content (AvgIpc) is 2.94. The van der Waals surface area contributed by atoms with Crippen molar-refractivity contribution in [1.82, 2.24) is 4.90 Å². The van der Waals surface area contributed by atoms with Crippen LogP contribution in [-0.2, 0) is 9.59 Å². The Labute approximate surface area is 95.6 Å². The summed E-state index contributed by atoms with van der Waals surface area (Å²) in [5.41, 5.74) is 0. The highest BCUT2D eigenvalue weighted by Gasteiger charge is 2.43. The molecule has 0 aliphatic heterocycles. The van der Waals surface area contributed by atoms with E-state index in [9.17, 15) is 9.59 Å². The van der Waals surface area contributed by atoms with Crippen LogP contribution in [0.3, 0.4) is 0 Å². The van der Waals surface area contributed by atoms with Gasteiger partial charge in [0.05, 0.1) is 11.8 Å². The van der Waals surface area contributed by atoms with Crippen molar-refractivity contribution in [1.29, 1.82) is 0 Å². The van der Waals surface area contributed by atoms with E-state index in [0.717, 1.165) is 13.0 Å². The Balaban J connectivity index is 1.91. The Bertz CT molecular complexity index is 299. The molecule has 2 rings (SSSR count). The van der Waals surface area contributed by atoms with Crippen molar-refractivity contribution in [2.75, 3.05) is 13.1 Å². The molecule has 90 valence electrons. The molecule has 16 heavy (non-hydrogen) atoms. The summed E-state index contributed by atoms with van der Waals surface area (Å²) < 4.78 is 0. The van der Waals surface area contributed by atoms with Crippen molar-refractivity contribution in [3.63, 3.8) is 0 Å². The van der Waals surface area contributed by atoms with Gasteiger partial charge in [-0.3, -0.25) is 9.59 Å². The lowest BCUT2D eigenvalue weighted by molar-refractivity contribution is -0.156. The fourth-order valence-corrected chi connectivity index (χ4v) is 2.31. The molecule has 1 amide bonds. The van der Waals surface area contributed by atoms with Crippen LogP contribution in [0.1, 0.15) is 32.6 Å². The van der Waals surface area contributed by atoms with Crippen molar-refractivity contribution >= 4 is 11.9 Å². The normalized spacial score (nSPS) is 28.3. The molecule has 0 bridgehead atoms. The quantitative estimate of drug-likeness (QED) is 0.768. The van der Waals surface area contributed by atoms with Gasteiger partial charge in [0, 0.05) is 13.1 Å². The van der Waals surface area contributed by atoms with E-state index in [1.165, 1.54) is 12.8 Å². The lowest BCUT2D eigenvalue weighted by Gasteiger charge is -2.36. The Morgan fingerprint density at radius 2 is 1.81 bits per heavy atom. The van der Waals surface area contributed by atoms with Crippen molar-refractivity contribution < 1.29 is 14.7 Å². The number of carbonyl (C=O) groups excluding carboxylic acids is 1. The number of nitrogens with zero attached hydrogens (tertiary/aromatic N) is 1. The summed E-state index contributed by atoms with van der Waals surface area (Å²) >= 11 is 0. The molecule has 2 atom stereocenters. The lowest BCUT2D eigenvalue weighted by Crippen LogP contribution is -2.46. The third kappa shape index (κ3) is 2.20. The molecule has 4 nitrogen and oxygen atoms in total. The molecule has 0 aromatic rings. The van der Waals surface area contributed by atoms with Crippen LogP contribution in [0.4, 0.5) is 0 Å². The van der Waals surface area contributed by atoms with E-state index >= 15 is 0 Å². The third-order valence-corrected chi connectivity index (χ3v) is 3.78. The highest BCUT2D eigenvalue weighted by Crippen LogP contribution is 2.37. The molecule has 2 aliphatic carbocycles. The maximum absolute atomic E-state index is 12.1. The fourth-order valence-electron chi connectivity index (χ4n) is 2.31. The van der Waals surface area contributed by atoms with Gasteiger partial charge in [0.25, 0.3) is 0 Å². The molecule has 0 aromatic carbocycles. The molecule has 2 fully saturated rings. The van der Waals surface area contributed by atoms with Gasteiger partial charge in [-0.2, -0.15) is 0 Å². The first-order chi connectivity index (χ1) is 7.63. The van der Waals surface area contributed by atoms with Gasteiger partial charge >= 0.3 is 5.97 Å². The van der Waals surface area contributed by atoms with Gasteiger partial charge in [0.1, 0.15) is 0 Å². The summed E-state index contributed by atoms with van der Waals surface area (Å²) in [6, 6.07) is 0. The van der Waals surface area contributed by atoms with Crippen molar-refractivity contribution in [3.8, 4) is 0 Å². The van der Waals surface area contributed by atoms with E-state index < -0.39 is 11.9 Å². The second-order valence-corrected chi connectivity index (χ2v) is 4.95. The van der Waals surface area contributed by atoms with E-state index in [1.807, 2.05) is 11.8 Å². The fraction of sp³-hybridized carbons (Fsp3) is 0.833. The van der Waals surface area contributed by atoms with Crippen LogP contribution >= 0.6 is 0 Å². The Kier molecular flexibility index (Phi) is 3.17. The SMILES string of the molecule is CCN(CC1CC1)C(=O)C1CCC1C(=O)O. The zero-order valence-electron chi connectivity index (χ0n) is 9.69. The number of aliphatic carboxylic acids is 1. The molecule has 0 heterocycles. The standard InChI is InChI=1S/C12H19NO3/c1-2-13(7-8-3-4-8)11(14)9-5-6-10(9)12(15)16/h8-10H,2-7H2,1H3,(H,15,16). The predicted octanol–water partition coefficient (Wildman–Crippen LogP) is 1.36. The van der Waals surface area contributed by atoms with E-state index in [-0.39, 0.29) is 11.8 Å². The van der Waals surface area contributed by atoms with Crippen LogP contribution in [-0.4, -0.2) is 35.0 Å². The Morgan fingerprint density at radius 1 is 1.19 bits per heavy atom. The molecule has 2 aliphatic rings. The van der Waals surface area contributed by atoms with Crippen LogP contribution in [0.25, 0.3) is 0 Å². The second kappa shape index (κ2) is 4.44. The lowest BCUT2D eigenvalue weighted by atomic mass is 9.73. The Morgan fingerprint density at radius 3 is 2.19 bits per heavy atom. The number of hydrogen-bond acceptors (Lipinski definition) is 2. The summed E-state index contributed by atoms with van der Waals surface area (Å²) in [6.45, 7) is 3.51. The highest BCUT2D eigenvalue weighted by atomic mass is 16.4. The number of carboxylic acid groups (broad SMARTS) is 1. The van der Waals surface area contributed by atoms with Crippen LogP contribution < -0.4 is 0 Å². The van der Waals surface area contributed by atoms with Crippen LogP contribution in [0.15, 0.2) is 0 Å². The number of carboxylic acids is 1. The zero-order valence-corrected chi connectivity index (χ0v) is 9.69. The van der Waals surface area contributed by atoms with Gasteiger partial charge in [0.15, 0.2) is 0 Å². The molecule has 0 radical (unpaired) electrons. The topological polar surface area (TPSA) is 57.6 Å². The summed E-state index contributed by atoms with van der Waals surface area (Å²) in [6.07, 6.45) is 3.84. The third-order valence-electron chi connectivity index (χ3n) is 3.78. The maximum atomic E-state index is 12.1. The van der Waals surface area contributed by atoms with Gasteiger partial charge in [-0.25, -0.2) is 0 Å². The van der Waals surface area contributed by atoms with Gasteiger partial charge in [-0.15, -0.1) is 0 Å². The van der Waals surface area contributed by atoms with Crippen LogP contribution in [0, 0.1) is 17.8 Å². The summed E-state index contributed by atoms with van der Waals surface area (Å²) in [7, 11) is 0. The van der Waals surface area contributed by atoms with Gasteiger partial charge in [-0.1, -0.05) is 0 Å². The van der Waals surface area contributed by atoms with Crippen molar-refractivity contribution in [2.24, 2.45) is 17.8 Å². The first-order valence-corrected chi connectivity index (χ1v) is 6.15. The minimum Gasteiger partial charge on any atom is -0.481 e. The first kappa shape index (κ1) is 11.4. The summed E-state index contributed by atoms with van der Waals surface area (Å²) in [5.74, 6) is -0.760. The first-order valence-electron chi connectivity index (χ1n) is 6.15. The van der Waals surface area contributed by atoms with Crippen molar-refractivity contribution in [2.45, 2.75) is 32.6 Å². The maximum Gasteiger partial charge on any atom is 0.307 e. The molecule has 4 heteroatoms. The van der Waals surface area contributed by atoms with Crippen LogP contribution in [0.2, 0.25) is 0 Å². The average molecular weight is 225 g/mol. The second-order valence-electron chi connectivity index (χ2n) is 4.95. The largest absolute Gasteiger partial charge is 0.481 e. The molecular formula is C12H19NO3. The van der Waals surface area contributed by atoms with Gasteiger partial charge < -0.3 is 10.0 Å². The minimum atomic E-state index is -0.813. The van der Waals surface area contributed by atoms with E-state index in [1.54, 1.807) is 0 Å². The number of amides is 1. The van der Waals surface area contributed by atoms with E-state index in [2.05, 4.69) is 0 Å². The van der Waals surface area contributed by atoms with E-state index in [4.69, 9.17) is 5.11 Å². The Hall–Kier alpha value is -1.06. The highest BCUT2D eigenvalue weighted by molar-refractivity contribution is 5.86. The van der Waals surface area contributed by atoms with Crippen LogP contribution in [0.5, 0.6) is 0 Å². The predicted molar refractivity (Wildman–Crippen MR) is 58.8 cm³/mol. The smallest absolute Gasteiger partial charge is 0.307 e. The molecule has 0 saturated heterocycles. The molecule has 0 spiro atoms. The van der Waals surface area contributed by atoms with E-state index in [0.29, 0.717) is 18.9 Å². The number of rotatable bonds is 5. The van der Waals surface area contributed by atoms with Crippen molar-refractivity contribution in [3.05, 3.63) is 0 Å². The summed E-state index contributed by atoms with van der Waals surface area (Å²) in [4.78, 5) is 24.8. The van der Waals surface area contributed by atoms with Gasteiger partial charge in [-0.05, 0) is 38.5 Å². The molecule has 2 saturated carbocycles. The molecule has 0 aromatic heterocycles.